The highest BCUT2D eigenvalue weighted by Gasteiger charge is 2.03. The molecule has 1 atom stereocenters. The lowest BCUT2D eigenvalue weighted by Crippen LogP contribution is -2.05. The largest absolute Gasteiger partial charge is 0.197 e. The van der Waals surface area contributed by atoms with Crippen LogP contribution in [0.25, 0.3) is 0 Å². The van der Waals surface area contributed by atoms with E-state index in [1.165, 1.54) is 12.4 Å². The molecule has 0 radical (unpaired) electrons. The number of nitrogens with zero attached hydrogens (tertiary/aromatic N) is 3. The fourth-order valence-corrected chi connectivity index (χ4v) is 0.579. The molecule has 0 aromatic carbocycles. The second-order valence-electron chi connectivity index (χ2n) is 1.55. The van der Waals surface area contributed by atoms with E-state index in [0.717, 1.165) is 4.53 Å². The predicted molar refractivity (Wildman–Crippen MR) is 34.4 cm³/mol. The first-order valence-electron chi connectivity index (χ1n) is 2.40. The predicted octanol–water partition coefficient (Wildman–Crippen LogP) is 1.10. The minimum absolute atomic E-state index is 0.222. The van der Waals surface area contributed by atoms with Gasteiger partial charge >= 0.3 is 0 Å². The van der Waals surface area contributed by atoms with Crippen LogP contribution in [0.1, 0.15) is 0 Å². The Morgan fingerprint density at radius 2 is 2.56 bits per heavy atom. The monoisotopic (exact) mass is 141 g/mol. The van der Waals surface area contributed by atoms with Crippen LogP contribution >= 0.6 is 11.8 Å². The first kappa shape index (κ1) is 6.12. The number of nitriles is 1. The van der Waals surface area contributed by atoms with Gasteiger partial charge in [-0.3, -0.25) is 0 Å². The second-order valence-corrected chi connectivity index (χ2v) is 1.90. The van der Waals surface area contributed by atoms with Crippen molar-refractivity contribution in [2.45, 2.75) is 0 Å². The molecule has 0 fully saturated rings. The minimum Gasteiger partial charge on any atom is -0.197 e. The minimum atomic E-state index is -0.222. The van der Waals surface area contributed by atoms with E-state index in [9.17, 15) is 0 Å². The van der Waals surface area contributed by atoms with Gasteiger partial charge in [0.1, 0.15) is 5.92 Å². The van der Waals surface area contributed by atoms with Crippen molar-refractivity contribution in [2.24, 2.45) is 11.0 Å². The maximum absolute atomic E-state index is 8.32. The molecule has 1 heterocycles. The number of rotatable bonds is 0. The van der Waals surface area contributed by atoms with Crippen molar-refractivity contribution in [3.05, 3.63) is 12.3 Å². The van der Waals surface area contributed by atoms with Crippen molar-refractivity contribution in [3.8, 4) is 6.07 Å². The van der Waals surface area contributed by atoms with Gasteiger partial charge in [-0.25, -0.2) is 0 Å². The van der Waals surface area contributed by atoms with E-state index >= 15 is 0 Å². The first-order chi connectivity index (χ1) is 4.33. The van der Waals surface area contributed by atoms with Crippen LogP contribution in [0.5, 0.6) is 0 Å². The van der Waals surface area contributed by atoms with Crippen molar-refractivity contribution in [1.82, 2.24) is 4.53 Å². The van der Waals surface area contributed by atoms with Crippen LogP contribution in [0.15, 0.2) is 17.4 Å². The van der Waals surface area contributed by atoms with Gasteiger partial charge in [0.15, 0.2) is 0 Å². The molecule has 3 nitrogen and oxygen atoms in total. The van der Waals surface area contributed by atoms with E-state index in [0.29, 0.717) is 0 Å². The van der Waals surface area contributed by atoms with Gasteiger partial charge in [0, 0.05) is 24.2 Å². The molecule has 1 aliphatic rings. The molecule has 1 rings (SSSR count). The van der Waals surface area contributed by atoms with Crippen molar-refractivity contribution in [1.29, 1.82) is 5.26 Å². The van der Waals surface area contributed by atoms with Crippen molar-refractivity contribution < 1.29 is 0 Å². The first-order valence-corrected chi connectivity index (χ1v) is 2.74. The summed E-state index contributed by atoms with van der Waals surface area (Å²) in [4.78, 5) is 0. The van der Waals surface area contributed by atoms with Gasteiger partial charge < -0.3 is 0 Å². The molecule has 0 aliphatic carbocycles. The number of halogens is 1. The topological polar surface area (TPSA) is 39.4 Å². The molecule has 46 valence electrons. The Morgan fingerprint density at radius 3 is 3.00 bits per heavy atom. The lowest BCUT2D eigenvalue weighted by Gasteiger charge is -2.07. The molecular formula is C5H4ClN3. The third kappa shape index (κ3) is 1.44. The zero-order valence-electron chi connectivity index (χ0n) is 4.53. The molecule has 0 bridgehead atoms. The highest BCUT2D eigenvalue weighted by molar-refractivity contribution is 6.14. The van der Waals surface area contributed by atoms with Crippen molar-refractivity contribution >= 4 is 18.0 Å². The maximum atomic E-state index is 8.32. The average molecular weight is 142 g/mol. The quantitative estimate of drug-likeness (QED) is 0.474. The van der Waals surface area contributed by atoms with Crippen LogP contribution in [0.4, 0.5) is 0 Å². The van der Waals surface area contributed by atoms with Gasteiger partial charge in [0.05, 0.1) is 6.07 Å². The molecule has 0 saturated heterocycles. The van der Waals surface area contributed by atoms with E-state index in [1.807, 2.05) is 6.07 Å². The van der Waals surface area contributed by atoms with E-state index in [4.69, 9.17) is 17.0 Å². The van der Waals surface area contributed by atoms with E-state index in [2.05, 4.69) is 5.10 Å². The third-order valence-electron chi connectivity index (χ3n) is 0.903. The highest BCUT2D eigenvalue weighted by atomic mass is 35.5. The molecule has 9 heavy (non-hydrogen) atoms. The van der Waals surface area contributed by atoms with Gasteiger partial charge in [-0.2, -0.15) is 14.9 Å². The summed E-state index contributed by atoms with van der Waals surface area (Å²) in [5.74, 6) is -0.222. The molecule has 0 N–H and O–H groups in total. The summed E-state index contributed by atoms with van der Waals surface area (Å²) in [5.41, 5.74) is 0. The smallest absolute Gasteiger partial charge is 0.103 e. The SMILES string of the molecule is N#CC1C=CN(Cl)N=C1. The third-order valence-corrected chi connectivity index (χ3v) is 1.10. The average Bonchev–Trinajstić information content (AvgIpc) is 1.90. The maximum Gasteiger partial charge on any atom is 0.103 e. The van der Waals surface area contributed by atoms with Gasteiger partial charge in [0.2, 0.25) is 0 Å². The van der Waals surface area contributed by atoms with Gasteiger partial charge in [-0.15, -0.1) is 0 Å². The Labute approximate surface area is 57.9 Å². The van der Waals surface area contributed by atoms with Gasteiger partial charge in [0.25, 0.3) is 0 Å². The molecule has 4 heteroatoms. The Bertz CT molecular complexity index is 177. The van der Waals surface area contributed by atoms with Crippen molar-refractivity contribution in [3.63, 3.8) is 0 Å². The van der Waals surface area contributed by atoms with E-state index in [1.54, 1.807) is 6.08 Å². The lowest BCUT2D eigenvalue weighted by atomic mass is 10.2. The molecule has 0 aromatic rings. The Hall–Kier alpha value is -1.01. The standard InChI is InChI=1S/C5H4ClN3/c6-9-2-1-5(3-7)4-8-9/h1-2,4-5H. The molecule has 1 aliphatic heterocycles. The van der Waals surface area contributed by atoms with Gasteiger partial charge in [-0.1, -0.05) is 0 Å². The normalized spacial score (nSPS) is 24.0. The molecule has 1 unspecified atom stereocenters. The van der Waals surface area contributed by atoms with Crippen LogP contribution < -0.4 is 0 Å². The summed E-state index contributed by atoms with van der Waals surface area (Å²) in [6.07, 6.45) is 4.68. The summed E-state index contributed by atoms with van der Waals surface area (Å²) in [6.45, 7) is 0. The Balaban J connectivity index is 2.61. The zero-order chi connectivity index (χ0) is 6.69. The lowest BCUT2D eigenvalue weighted by molar-refractivity contribution is 0.639. The number of hydrogen-bond donors (Lipinski definition) is 0. The second kappa shape index (κ2) is 2.51. The van der Waals surface area contributed by atoms with Crippen molar-refractivity contribution in [2.75, 3.05) is 0 Å². The number of allylic oxidation sites excluding steroid dienone is 1. The van der Waals surface area contributed by atoms with Crippen LogP contribution in [0.3, 0.4) is 0 Å². The van der Waals surface area contributed by atoms with Crippen LogP contribution in [-0.4, -0.2) is 10.7 Å². The summed E-state index contributed by atoms with van der Waals surface area (Å²) in [5, 5.41) is 12.0. The number of hydrogen-bond acceptors (Lipinski definition) is 3. The van der Waals surface area contributed by atoms with Crippen LogP contribution in [0.2, 0.25) is 0 Å². The summed E-state index contributed by atoms with van der Waals surface area (Å²) >= 11 is 5.38. The molecule has 0 spiro atoms. The highest BCUT2D eigenvalue weighted by Crippen LogP contribution is 2.05. The molecular weight excluding hydrogens is 138 g/mol. The number of hydrazone groups is 1. The Kier molecular flexibility index (Phi) is 1.71. The fraction of sp³-hybridized carbons (Fsp3) is 0.200. The van der Waals surface area contributed by atoms with Crippen LogP contribution in [0, 0.1) is 17.2 Å². The van der Waals surface area contributed by atoms with E-state index < -0.39 is 0 Å². The zero-order valence-corrected chi connectivity index (χ0v) is 5.28. The molecule has 0 amide bonds. The fourth-order valence-electron chi connectivity index (χ4n) is 0.464. The summed E-state index contributed by atoms with van der Waals surface area (Å²) < 4.78 is 1.13. The molecule has 0 aromatic heterocycles. The van der Waals surface area contributed by atoms with Gasteiger partial charge in [-0.05, 0) is 6.08 Å². The Morgan fingerprint density at radius 1 is 1.78 bits per heavy atom. The van der Waals surface area contributed by atoms with E-state index in [-0.39, 0.29) is 5.92 Å². The summed E-state index contributed by atoms with van der Waals surface area (Å²) in [6, 6.07) is 2.00. The molecule has 0 saturated carbocycles. The summed E-state index contributed by atoms with van der Waals surface area (Å²) in [7, 11) is 0. The van der Waals surface area contributed by atoms with Crippen LogP contribution in [-0.2, 0) is 0 Å².